The number of benzene rings is 1. The van der Waals surface area contributed by atoms with Gasteiger partial charge in [0.05, 0.1) is 11.4 Å². The number of hydrogen-bond donors (Lipinski definition) is 2. The molecule has 0 saturated heterocycles. The van der Waals surface area contributed by atoms with Gasteiger partial charge in [0.1, 0.15) is 5.71 Å². The van der Waals surface area contributed by atoms with E-state index in [-0.39, 0.29) is 6.42 Å². The number of nitrogens with zero attached hydrogens (tertiary/aromatic N) is 1. The van der Waals surface area contributed by atoms with Crippen molar-refractivity contribution in [3.8, 4) is 0 Å². The van der Waals surface area contributed by atoms with E-state index in [4.69, 9.17) is 0 Å². The summed E-state index contributed by atoms with van der Waals surface area (Å²) in [7, 11) is 0. The molecule has 1 aliphatic heterocycles. The van der Waals surface area contributed by atoms with E-state index in [1.54, 1.807) is 24.3 Å². The Kier molecular flexibility index (Phi) is 5.18. The highest BCUT2D eigenvalue weighted by molar-refractivity contribution is 6.01. The third-order valence-corrected chi connectivity index (χ3v) is 5.43. The molecular formula is C19H26F2N2O. The van der Waals surface area contributed by atoms with E-state index in [1.165, 1.54) is 19.3 Å². The Bertz CT molecular complexity index is 603. The van der Waals surface area contributed by atoms with Gasteiger partial charge in [-0.1, -0.05) is 51.2 Å². The smallest absolute Gasteiger partial charge is 0.290 e. The van der Waals surface area contributed by atoms with E-state index in [9.17, 15) is 13.9 Å². The van der Waals surface area contributed by atoms with E-state index in [2.05, 4.69) is 17.2 Å². The molecule has 132 valence electrons. The van der Waals surface area contributed by atoms with Crippen molar-refractivity contribution < 1.29 is 13.9 Å². The van der Waals surface area contributed by atoms with E-state index in [1.807, 2.05) is 0 Å². The lowest BCUT2D eigenvalue weighted by atomic mass is 9.91. The minimum absolute atomic E-state index is 0.256. The van der Waals surface area contributed by atoms with Gasteiger partial charge in [-0.05, 0) is 30.4 Å². The van der Waals surface area contributed by atoms with Crippen LogP contribution >= 0.6 is 0 Å². The molecular weight excluding hydrogens is 310 g/mol. The Balaban J connectivity index is 1.57. The Morgan fingerprint density at radius 2 is 2.04 bits per heavy atom. The number of para-hydroxylation sites is 2. The molecule has 1 saturated carbocycles. The number of alkyl halides is 2. The molecule has 0 spiro atoms. The summed E-state index contributed by atoms with van der Waals surface area (Å²) in [5.41, 5.74) is 0.576. The highest BCUT2D eigenvalue weighted by atomic mass is 19.3. The van der Waals surface area contributed by atoms with Gasteiger partial charge in [-0.25, -0.2) is 4.99 Å². The summed E-state index contributed by atoms with van der Waals surface area (Å²) in [4.78, 5) is 4.02. The summed E-state index contributed by atoms with van der Waals surface area (Å²) in [5, 5.41) is 12.7. The molecule has 2 aliphatic rings. The zero-order valence-electron chi connectivity index (χ0n) is 14.1. The van der Waals surface area contributed by atoms with Crippen molar-refractivity contribution in [1.29, 1.82) is 0 Å². The molecule has 3 rings (SSSR count). The maximum absolute atomic E-state index is 14.5. The molecule has 1 aliphatic carbocycles. The number of fused-ring (bicyclic) bond motifs is 1. The number of aliphatic imine (C=N–C) groups is 1. The summed E-state index contributed by atoms with van der Waals surface area (Å²) in [6.07, 6.45) is 4.42. The molecule has 1 fully saturated rings. The van der Waals surface area contributed by atoms with Gasteiger partial charge in [0.25, 0.3) is 5.92 Å². The number of anilines is 1. The molecule has 1 aromatic rings. The predicted octanol–water partition coefficient (Wildman–Crippen LogP) is 5.13. The standard InChI is InChI=1S/C19H26F2N2O/c1-13-7-6-9-14(13)8-4-5-12-19(20,21)17-18(24)23-16-11-3-2-10-15(16)22-17/h2-3,10-11,13-14,18,23-24H,4-9,12H2,1H3/t13?,14-,18?/m1/s1. The second kappa shape index (κ2) is 7.18. The van der Waals surface area contributed by atoms with Gasteiger partial charge in [-0.2, -0.15) is 8.78 Å². The fraction of sp³-hybridized carbons (Fsp3) is 0.632. The molecule has 3 nitrogen and oxygen atoms in total. The van der Waals surface area contributed by atoms with Crippen LogP contribution in [0.25, 0.3) is 0 Å². The number of rotatable bonds is 6. The number of halogens is 2. The van der Waals surface area contributed by atoms with Gasteiger partial charge in [0.15, 0.2) is 6.23 Å². The summed E-state index contributed by atoms with van der Waals surface area (Å²) in [5.74, 6) is -1.65. The van der Waals surface area contributed by atoms with E-state index >= 15 is 0 Å². The molecule has 24 heavy (non-hydrogen) atoms. The Morgan fingerprint density at radius 1 is 1.25 bits per heavy atom. The predicted molar refractivity (Wildman–Crippen MR) is 93.1 cm³/mol. The first-order chi connectivity index (χ1) is 11.5. The van der Waals surface area contributed by atoms with Crippen LogP contribution in [0.4, 0.5) is 20.2 Å². The number of hydrogen-bond acceptors (Lipinski definition) is 3. The molecule has 3 atom stereocenters. The molecule has 0 aromatic heterocycles. The molecule has 2 unspecified atom stereocenters. The minimum atomic E-state index is -3.08. The van der Waals surface area contributed by atoms with Crippen molar-refractivity contribution in [2.24, 2.45) is 16.8 Å². The molecule has 1 heterocycles. The first kappa shape index (κ1) is 17.3. The number of nitrogens with one attached hydrogen (secondary N) is 1. The van der Waals surface area contributed by atoms with Crippen molar-refractivity contribution in [3.63, 3.8) is 0 Å². The van der Waals surface area contributed by atoms with Crippen LogP contribution < -0.4 is 5.32 Å². The largest absolute Gasteiger partial charge is 0.368 e. The summed E-state index contributed by atoms with van der Waals surface area (Å²) < 4.78 is 29.0. The van der Waals surface area contributed by atoms with Gasteiger partial charge in [-0.15, -0.1) is 0 Å². The number of aliphatic hydroxyl groups excluding tert-OH is 1. The summed E-state index contributed by atoms with van der Waals surface area (Å²) in [6, 6.07) is 6.92. The van der Waals surface area contributed by atoms with Gasteiger partial charge in [0.2, 0.25) is 0 Å². The van der Waals surface area contributed by atoms with Gasteiger partial charge >= 0.3 is 0 Å². The maximum atomic E-state index is 14.5. The second-order valence-corrected chi connectivity index (χ2v) is 7.18. The normalized spacial score (nSPS) is 26.7. The monoisotopic (exact) mass is 336 g/mol. The van der Waals surface area contributed by atoms with Gasteiger partial charge in [0, 0.05) is 6.42 Å². The van der Waals surface area contributed by atoms with Crippen molar-refractivity contribution in [1.82, 2.24) is 0 Å². The third kappa shape index (κ3) is 3.77. The first-order valence-corrected chi connectivity index (χ1v) is 8.98. The van der Waals surface area contributed by atoms with Crippen LogP contribution in [0.15, 0.2) is 29.3 Å². The molecule has 0 amide bonds. The molecule has 1 aromatic carbocycles. The fourth-order valence-electron chi connectivity index (χ4n) is 3.91. The number of aliphatic hydroxyl groups is 1. The summed E-state index contributed by atoms with van der Waals surface area (Å²) in [6.45, 7) is 2.27. The second-order valence-electron chi connectivity index (χ2n) is 7.18. The van der Waals surface area contributed by atoms with E-state index in [0.29, 0.717) is 23.7 Å². The summed E-state index contributed by atoms with van der Waals surface area (Å²) >= 11 is 0. The maximum Gasteiger partial charge on any atom is 0.290 e. The molecule has 2 N–H and O–H groups in total. The Labute approximate surface area is 142 Å². The minimum Gasteiger partial charge on any atom is -0.368 e. The van der Waals surface area contributed by atoms with Crippen LogP contribution in [0.2, 0.25) is 0 Å². The average molecular weight is 336 g/mol. The Hall–Kier alpha value is -1.49. The fourth-order valence-corrected chi connectivity index (χ4v) is 3.91. The molecule has 0 bridgehead atoms. The highest BCUT2D eigenvalue weighted by Gasteiger charge is 2.41. The van der Waals surface area contributed by atoms with Crippen LogP contribution in [-0.2, 0) is 0 Å². The van der Waals surface area contributed by atoms with Crippen LogP contribution in [-0.4, -0.2) is 23.0 Å². The molecule has 5 heteroatoms. The lowest BCUT2D eigenvalue weighted by Crippen LogP contribution is -2.43. The van der Waals surface area contributed by atoms with Crippen molar-refractivity contribution in [2.75, 3.05) is 5.32 Å². The van der Waals surface area contributed by atoms with E-state index < -0.39 is 17.9 Å². The number of unbranched alkanes of at least 4 members (excludes halogenated alkanes) is 1. The van der Waals surface area contributed by atoms with Crippen LogP contribution in [0, 0.1) is 11.8 Å². The van der Waals surface area contributed by atoms with Crippen molar-refractivity contribution in [3.05, 3.63) is 24.3 Å². The highest BCUT2D eigenvalue weighted by Crippen LogP contribution is 2.37. The van der Waals surface area contributed by atoms with Crippen LogP contribution in [0.1, 0.15) is 51.9 Å². The molecule has 0 radical (unpaired) electrons. The zero-order chi connectivity index (χ0) is 17.2. The quantitative estimate of drug-likeness (QED) is 0.707. The van der Waals surface area contributed by atoms with Crippen molar-refractivity contribution in [2.45, 2.75) is 64.0 Å². The van der Waals surface area contributed by atoms with Crippen molar-refractivity contribution >= 4 is 17.1 Å². The van der Waals surface area contributed by atoms with Gasteiger partial charge < -0.3 is 10.4 Å². The first-order valence-electron chi connectivity index (χ1n) is 8.98. The van der Waals surface area contributed by atoms with Gasteiger partial charge in [-0.3, -0.25) is 0 Å². The Morgan fingerprint density at radius 3 is 2.79 bits per heavy atom. The zero-order valence-corrected chi connectivity index (χ0v) is 14.1. The SMILES string of the molecule is CC1CCC[C@H]1CCCCC(F)(F)C1=Nc2ccccc2NC1O. The lowest BCUT2D eigenvalue weighted by Gasteiger charge is -2.28. The lowest BCUT2D eigenvalue weighted by molar-refractivity contribution is 0.0527. The average Bonchev–Trinajstić information content (AvgIpc) is 2.96. The van der Waals surface area contributed by atoms with E-state index in [0.717, 1.165) is 18.8 Å². The van der Waals surface area contributed by atoms with Crippen LogP contribution in [0.3, 0.4) is 0 Å². The third-order valence-electron chi connectivity index (χ3n) is 5.43. The van der Waals surface area contributed by atoms with Crippen LogP contribution in [0.5, 0.6) is 0 Å². The topological polar surface area (TPSA) is 44.6 Å².